The van der Waals surface area contributed by atoms with Crippen LogP contribution in [0.15, 0.2) is 41.3 Å². The highest BCUT2D eigenvalue weighted by molar-refractivity contribution is 7.89. The van der Waals surface area contributed by atoms with Gasteiger partial charge in [0.05, 0.1) is 17.1 Å². The molecule has 0 fully saturated rings. The Kier molecular flexibility index (Phi) is 5.74. The van der Waals surface area contributed by atoms with E-state index in [2.05, 4.69) is 4.72 Å². The van der Waals surface area contributed by atoms with Gasteiger partial charge in [-0.1, -0.05) is 23.7 Å². The van der Waals surface area contributed by atoms with Crippen molar-refractivity contribution in [2.24, 2.45) is 0 Å². The molecule has 0 aromatic heterocycles. The summed E-state index contributed by atoms with van der Waals surface area (Å²) in [7, 11) is -3.70. The first-order valence-corrected chi connectivity index (χ1v) is 10.4. The molecule has 2 aromatic rings. The molecule has 6 nitrogen and oxygen atoms in total. The molecule has 1 amide bonds. The number of nitrogens with one attached hydrogen (secondary N) is 1. The normalized spacial score (nSPS) is 13.8. The van der Waals surface area contributed by atoms with E-state index in [1.165, 1.54) is 13.0 Å². The highest BCUT2D eigenvalue weighted by Gasteiger charge is 2.26. The Labute approximate surface area is 164 Å². The molecule has 0 saturated heterocycles. The predicted octanol–water partition coefficient (Wildman–Crippen LogP) is 2.91. The molecule has 3 rings (SSSR count). The molecule has 2 aromatic carbocycles. The Morgan fingerprint density at radius 2 is 1.96 bits per heavy atom. The van der Waals surface area contributed by atoms with Crippen LogP contribution in [0.4, 0.5) is 5.69 Å². The van der Waals surface area contributed by atoms with E-state index in [1.807, 2.05) is 12.1 Å². The predicted molar refractivity (Wildman–Crippen MR) is 105 cm³/mol. The van der Waals surface area contributed by atoms with Gasteiger partial charge >= 0.3 is 0 Å². The monoisotopic (exact) mass is 408 g/mol. The number of amides is 1. The number of sulfonamides is 1. The fraction of sp³-hybridized carbons (Fsp3) is 0.316. The molecule has 0 atom stereocenters. The van der Waals surface area contributed by atoms with E-state index >= 15 is 0 Å². The van der Waals surface area contributed by atoms with Gasteiger partial charge in [-0.3, -0.25) is 4.79 Å². The van der Waals surface area contributed by atoms with Crippen LogP contribution in [0.5, 0.6) is 5.75 Å². The lowest BCUT2D eigenvalue weighted by Crippen LogP contribution is -2.36. The Morgan fingerprint density at radius 1 is 1.26 bits per heavy atom. The molecule has 144 valence electrons. The van der Waals surface area contributed by atoms with Crippen molar-refractivity contribution in [2.45, 2.75) is 25.2 Å². The number of halogens is 1. The number of fused-ring (bicyclic) bond motifs is 1. The van der Waals surface area contributed by atoms with E-state index in [4.69, 9.17) is 16.3 Å². The summed E-state index contributed by atoms with van der Waals surface area (Å²) < 4.78 is 33.7. The second kappa shape index (κ2) is 7.88. The number of nitrogens with zero attached hydrogens (tertiary/aromatic N) is 1. The molecule has 1 N–H and O–H groups in total. The van der Waals surface area contributed by atoms with Crippen LogP contribution >= 0.6 is 11.6 Å². The van der Waals surface area contributed by atoms with Crippen molar-refractivity contribution in [3.8, 4) is 5.75 Å². The van der Waals surface area contributed by atoms with Gasteiger partial charge in [0.2, 0.25) is 15.9 Å². The van der Waals surface area contributed by atoms with Crippen LogP contribution in [0.2, 0.25) is 5.02 Å². The average molecular weight is 409 g/mol. The quantitative estimate of drug-likeness (QED) is 0.825. The smallest absolute Gasteiger partial charge is 0.240 e. The summed E-state index contributed by atoms with van der Waals surface area (Å²) in [6.45, 7) is 4.24. The van der Waals surface area contributed by atoms with Crippen LogP contribution in [0, 0.1) is 6.92 Å². The van der Waals surface area contributed by atoms with Gasteiger partial charge in [0.25, 0.3) is 0 Å². The van der Waals surface area contributed by atoms with Gasteiger partial charge in [-0.25, -0.2) is 13.1 Å². The minimum Gasteiger partial charge on any atom is -0.489 e. The Bertz CT molecular complexity index is 958. The van der Waals surface area contributed by atoms with E-state index in [1.54, 1.807) is 30.0 Å². The number of hydrogen-bond donors (Lipinski definition) is 1. The van der Waals surface area contributed by atoms with Crippen molar-refractivity contribution >= 4 is 33.2 Å². The third kappa shape index (κ3) is 4.43. The van der Waals surface area contributed by atoms with E-state index in [0.717, 1.165) is 5.56 Å². The fourth-order valence-corrected chi connectivity index (χ4v) is 4.42. The maximum atomic E-state index is 12.7. The molecule has 27 heavy (non-hydrogen) atoms. The maximum Gasteiger partial charge on any atom is 0.240 e. The molecular weight excluding hydrogens is 388 g/mol. The number of rotatable bonds is 5. The SMILES string of the molecule is CC(=O)N1CCOc2cc(S(=O)(=O)NCCc3ccc(Cl)cc3)c(C)cc21. The van der Waals surface area contributed by atoms with Crippen molar-refractivity contribution in [3.63, 3.8) is 0 Å². The summed E-state index contributed by atoms with van der Waals surface area (Å²) >= 11 is 5.86. The third-order valence-electron chi connectivity index (χ3n) is 4.41. The van der Waals surface area contributed by atoms with Gasteiger partial charge in [-0.05, 0) is 42.7 Å². The Hall–Kier alpha value is -2.09. The first kappa shape index (κ1) is 19.7. The largest absolute Gasteiger partial charge is 0.489 e. The lowest BCUT2D eigenvalue weighted by atomic mass is 10.1. The van der Waals surface area contributed by atoms with Gasteiger partial charge in [0.15, 0.2) is 0 Å². The zero-order chi connectivity index (χ0) is 19.6. The van der Waals surface area contributed by atoms with Gasteiger partial charge in [-0.2, -0.15) is 0 Å². The summed E-state index contributed by atoms with van der Waals surface area (Å²) in [4.78, 5) is 13.5. The van der Waals surface area contributed by atoms with Crippen molar-refractivity contribution in [3.05, 3.63) is 52.5 Å². The second-order valence-electron chi connectivity index (χ2n) is 6.38. The van der Waals surface area contributed by atoms with Crippen molar-refractivity contribution in [1.29, 1.82) is 0 Å². The number of carbonyl (C=O) groups excluding carboxylic acids is 1. The van der Waals surface area contributed by atoms with Crippen molar-refractivity contribution in [1.82, 2.24) is 4.72 Å². The van der Waals surface area contributed by atoms with Crippen molar-refractivity contribution in [2.75, 3.05) is 24.6 Å². The molecule has 1 aliphatic heterocycles. The number of carbonyl (C=O) groups is 1. The summed E-state index contributed by atoms with van der Waals surface area (Å²) in [6.07, 6.45) is 0.551. The van der Waals surface area contributed by atoms with Crippen LogP contribution in [-0.2, 0) is 21.2 Å². The maximum absolute atomic E-state index is 12.7. The van der Waals surface area contributed by atoms with Crippen LogP contribution in [0.1, 0.15) is 18.1 Å². The second-order valence-corrected chi connectivity index (χ2v) is 8.55. The van der Waals surface area contributed by atoms with Gasteiger partial charge in [0, 0.05) is 24.6 Å². The molecular formula is C19H21ClN2O4S. The first-order chi connectivity index (χ1) is 12.8. The van der Waals surface area contributed by atoms with Crippen LogP contribution < -0.4 is 14.4 Å². The topological polar surface area (TPSA) is 75.7 Å². The minimum atomic E-state index is -3.70. The van der Waals surface area contributed by atoms with Crippen LogP contribution in [0.3, 0.4) is 0 Å². The molecule has 1 aliphatic rings. The first-order valence-electron chi connectivity index (χ1n) is 8.57. The molecule has 0 spiro atoms. The van der Waals surface area contributed by atoms with Crippen LogP contribution in [-0.4, -0.2) is 34.0 Å². The molecule has 0 radical (unpaired) electrons. The minimum absolute atomic E-state index is 0.101. The van der Waals surface area contributed by atoms with E-state index in [0.29, 0.717) is 41.6 Å². The molecule has 0 bridgehead atoms. The van der Waals surface area contributed by atoms with Gasteiger partial charge < -0.3 is 9.64 Å². The van der Waals surface area contributed by atoms with E-state index in [-0.39, 0.29) is 17.3 Å². The highest BCUT2D eigenvalue weighted by atomic mass is 35.5. The molecule has 0 saturated carbocycles. The lowest BCUT2D eigenvalue weighted by Gasteiger charge is -2.29. The summed E-state index contributed by atoms with van der Waals surface area (Å²) in [5.74, 6) is 0.302. The van der Waals surface area contributed by atoms with E-state index in [9.17, 15) is 13.2 Å². The zero-order valence-corrected chi connectivity index (χ0v) is 16.7. The Morgan fingerprint density at radius 3 is 2.63 bits per heavy atom. The summed E-state index contributed by atoms with van der Waals surface area (Å²) in [5, 5.41) is 0.642. The Balaban J connectivity index is 1.78. The molecule has 0 aliphatic carbocycles. The van der Waals surface area contributed by atoms with Gasteiger partial charge in [0.1, 0.15) is 12.4 Å². The summed E-state index contributed by atoms with van der Waals surface area (Å²) in [5.41, 5.74) is 2.15. The lowest BCUT2D eigenvalue weighted by molar-refractivity contribution is -0.116. The fourth-order valence-electron chi connectivity index (χ4n) is 3.02. The zero-order valence-electron chi connectivity index (χ0n) is 15.2. The highest BCUT2D eigenvalue weighted by Crippen LogP contribution is 2.36. The van der Waals surface area contributed by atoms with Crippen LogP contribution in [0.25, 0.3) is 0 Å². The number of benzene rings is 2. The van der Waals surface area contributed by atoms with Gasteiger partial charge in [-0.15, -0.1) is 0 Å². The third-order valence-corrected chi connectivity index (χ3v) is 6.26. The molecule has 8 heteroatoms. The number of anilines is 1. The summed E-state index contributed by atoms with van der Waals surface area (Å²) in [6, 6.07) is 10.5. The number of hydrogen-bond acceptors (Lipinski definition) is 4. The van der Waals surface area contributed by atoms with E-state index < -0.39 is 10.0 Å². The number of aryl methyl sites for hydroxylation is 1. The standard InChI is InChI=1S/C19H21ClN2O4S/c1-13-11-17-18(26-10-9-22(17)14(2)23)12-19(13)27(24,25)21-8-7-15-3-5-16(20)6-4-15/h3-6,11-12,21H,7-10H2,1-2H3. The molecule has 1 heterocycles. The van der Waals surface area contributed by atoms with Crippen molar-refractivity contribution < 1.29 is 17.9 Å². The molecule has 0 unspecified atom stereocenters. The average Bonchev–Trinajstić information content (AvgIpc) is 2.62. The number of ether oxygens (including phenoxy) is 1.